The van der Waals surface area contributed by atoms with E-state index in [1.165, 1.54) is 24.1 Å². The number of aliphatic hydroxyl groups is 2. The highest BCUT2D eigenvalue weighted by molar-refractivity contribution is 5.42. The second-order valence-corrected chi connectivity index (χ2v) is 13.2. The smallest absolute Gasteiger partial charge is 0.161 e. The summed E-state index contributed by atoms with van der Waals surface area (Å²) in [5, 5.41) is 32.7. The molecule has 240 valence electrons. The number of aliphatic hydroxyl groups excluding tert-OH is 2. The van der Waals surface area contributed by atoms with Crippen LogP contribution in [0.25, 0.3) is 0 Å². The average Bonchev–Trinajstić information content (AvgIpc) is 3.69. The lowest BCUT2D eigenvalue weighted by Gasteiger charge is -2.35. The molecule has 8 heteroatoms. The number of nitrogens with zero attached hydrogens (tertiary/aromatic N) is 3. The topological polar surface area (TPSA) is 137 Å². The number of aryl methyl sites for hydroxylation is 2. The molecule has 0 radical (unpaired) electrons. The number of hydrogen-bond acceptors (Lipinski definition) is 6. The molecule has 1 fully saturated rings. The van der Waals surface area contributed by atoms with E-state index >= 15 is 0 Å². The molecule has 8 nitrogen and oxygen atoms in total. The zero-order valence-corrected chi connectivity index (χ0v) is 26.0. The van der Waals surface area contributed by atoms with E-state index in [1.54, 1.807) is 18.5 Å². The van der Waals surface area contributed by atoms with E-state index in [2.05, 4.69) is 21.0 Å². The molecule has 1 aromatic carbocycles. The fourth-order valence-electron chi connectivity index (χ4n) is 7.68. The van der Waals surface area contributed by atoms with Crippen molar-refractivity contribution < 1.29 is 20.1 Å². The Morgan fingerprint density at radius 2 is 1.91 bits per heavy atom. The molecule has 6 rings (SSSR count). The first kappa shape index (κ1) is 31.2. The van der Waals surface area contributed by atoms with Crippen molar-refractivity contribution >= 4 is 5.82 Å². The number of ether oxygens (including phenoxy) is 1. The summed E-state index contributed by atoms with van der Waals surface area (Å²) in [6, 6.07) is 15.4. The molecule has 0 bridgehead atoms. The van der Waals surface area contributed by atoms with Crippen LogP contribution in [0.15, 0.2) is 67.1 Å². The van der Waals surface area contributed by atoms with Gasteiger partial charge in [0.1, 0.15) is 5.82 Å². The van der Waals surface area contributed by atoms with E-state index < -0.39 is 12.2 Å². The van der Waals surface area contributed by atoms with Crippen molar-refractivity contribution in [3.63, 3.8) is 0 Å². The molecule has 3 heterocycles. The third-order valence-electron chi connectivity index (χ3n) is 10.2. The van der Waals surface area contributed by atoms with Gasteiger partial charge in [0.25, 0.3) is 0 Å². The van der Waals surface area contributed by atoms with Gasteiger partial charge in [-0.25, -0.2) is 4.98 Å². The molecule has 4 aromatic rings. The fraction of sp³-hybridized carbons (Fsp3) is 0.486. The Morgan fingerprint density at radius 1 is 1.00 bits per heavy atom. The first-order chi connectivity index (χ1) is 21.9. The molecular formula is C37H46N4O4-2. The maximum Gasteiger partial charge on any atom is 0.161 e. The van der Waals surface area contributed by atoms with E-state index in [-0.39, 0.29) is 17.6 Å². The average molecular weight is 611 g/mol. The first-order valence-electron chi connectivity index (χ1n) is 16.6. The minimum absolute atomic E-state index is 0.0923. The molecule has 0 amide bonds. The van der Waals surface area contributed by atoms with Gasteiger partial charge in [-0.3, -0.25) is 0 Å². The summed E-state index contributed by atoms with van der Waals surface area (Å²) in [5.41, 5.74) is 11.7. The van der Waals surface area contributed by atoms with E-state index in [4.69, 9.17) is 10.5 Å². The van der Waals surface area contributed by atoms with Crippen molar-refractivity contribution in [3.05, 3.63) is 95.2 Å². The molecule has 6 unspecified atom stereocenters. The highest BCUT2D eigenvalue weighted by Crippen LogP contribution is 2.46. The van der Waals surface area contributed by atoms with Gasteiger partial charge in [-0.1, -0.05) is 36.2 Å². The molecular weight excluding hydrogens is 564 g/mol. The van der Waals surface area contributed by atoms with Crippen molar-refractivity contribution in [2.24, 2.45) is 11.8 Å². The Hall–Kier alpha value is -3.75. The Morgan fingerprint density at radius 3 is 2.76 bits per heavy atom. The van der Waals surface area contributed by atoms with Gasteiger partial charge in [-0.15, -0.1) is 0 Å². The summed E-state index contributed by atoms with van der Waals surface area (Å²) in [5.74, 6) is 2.51. The number of aromatic hydroxyl groups is 1. The zero-order chi connectivity index (χ0) is 31.2. The van der Waals surface area contributed by atoms with Crippen LogP contribution in [0.5, 0.6) is 11.5 Å². The minimum Gasteiger partial charge on any atom is -0.668 e. The van der Waals surface area contributed by atoms with E-state index in [9.17, 15) is 15.3 Å². The Kier molecular flexibility index (Phi) is 10.1. The van der Waals surface area contributed by atoms with Gasteiger partial charge < -0.3 is 35.8 Å². The van der Waals surface area contributed by atoms with Crippen molar-refractivity contribution in [1.29, 1.82) is 0 Å². The Balaban J connectivity index is 1.00. The summed E-state index contributed by atoms with van der Waals surface area (Å²) in [6.45, 7) is 0.408. The number of nitrogen functional groups attached to an aromatic ring is 1. The molecule has 5 N–H and O–H groups in total. The minimum atomic E-state index is -0.599. The predicted molar refractivity (Wildman–Crippen MR) is 174 cm³/mol. The number of phenolic OH excluding ortho intramolecular Hbond substituents is 1. The van der Waals surface area contributed by atoms with Crippen LogP contribution in [-0.4, -0.2) is 39.1 Å². The summed E-state index contributed by atoms with van der Waals surface area (Å²) < 4.78 is 6.08. The van der Waals surface area contributed by atoms with Gasteiger partial charge in [0.15, 0.2) is 11.5 Å². The standard InChI is InChI=1S/C37H46N4O4/c38-37-22-26(12-16-41-37)27(20-29-5-2-15-39-29)14-18-45-36-19-24(7-11-34(36)43)6-9-30(42)23-35(44)28-4-1-3-25-8-10-33-31(13-17-40-33)32(25)21-28/h2,5,7,11-13,15-17,19,22,25,27-28,30,32,35,42-44H,1,3-4,6,8-10,14,18,20-21,23H2,(H2,38,41)/q-2. The van der Waals surface area contributed by atoms with Crippen molar-refractivity contribution in [2.45, 2.75) is 94.7 Å². The van der Waals surface area contributed by atoms with Crippen LogP contribution >= 0.6 is 0 Å². The number of pyridine rings is 1. The highest BCUT2D eigenvalue weighted by Gasteiger charge is 2.35. The van der Waals surface area contributed by atoms with Crippen molar-refractivity contribution in [1.82, 2.24) is 15.0 Å². The molecule has 45 heavy (non-hydrogen) atoms. The highest BCUT2D eigenvalue weighted by atomic mass is 16.5. The molecule has 2 aliphatic carbocycles. The lowest BCUT2D eigenvalue weighted by Crippen LogP contribution is -2.28. The largest absolute Gasteiger partial charge is 0.668 e. The SMILES string of the molecule is Nc1cc(C(CCOc2cc(CCC(O)CC(O)C3CCCC4CCc5[n-]ccc5C4C3)ccc2O)Cc2ccc[n-]2)ccn1. The number of nitrogens with two attached hydrogens (primary N) is 1. The van der Waals surface area contributed by atoms with E-state index in [1.807, 2.05) is 42.6 Å². The normalized spacial score (nSPS) is 21.7. The third kappa shape index (κ3) is 7.92. The van der Waals surface area contributed by atoms with Crippen LogP contribution in [0, 0.1) is 11.8 Å². The lowest BCUT2D eigenvalue weighted by atomic mass is 9.73. The van der Waals surface area contributed by atoms with Crippen LogP contribution in [0.4, 0.5) is 5.82 Å². The van der Waals surface area contributed by atoms with Crippen molar-refractivity contribution in [3.8, 4) is 11.5 Å². The number of fused-ring (bicyclic) bond motifs is 3. The van der Waals surface area contributed by atoms with Crippen LogP contribution in [0.1, 0.15) is 91.3 Å². The Labute approximate surface area is 266 Å². The van der Waals surface area contributed by atoms with Gasteiger partial charge >= 0.3 is 0 Å². The zero-order valence-electron chi connectivity index (χ0n) is 26.0. The third-order valence-corrected chi connectivity index (χ3v) is 10.2. The summed E-state index contributed by atoms with van der Waals surface area (Å²) >= 11 is 0. The number of benzene rings is 1. The maximum atomic E-state index is 11.2. The maximum absolute atomic E-state index is 11.2. The quantitative estimate of drug-likeness (QED) is 0.152. The number of anilines is 1. The van der Waals surface area contributed by atoms with E-state index in [0.717, 1.165) is 48.9 Å². The molecule has 0 saturated heterocycles. The monoisotopic (exact) mass is 610 g/mol. The van der Waals surface area contributed by atoms with Crippen molar-refractivity contribution in [2.75, 3.05) is 12.3 Å². The predicted octanol–water partition coefficient (Wildman–Crippen LogP) is 5.66. The lowest BCUT2D eigenvalue weighted by molar-refractivity contribution is 0.0332. The fourth-order valence-corrected chi connectivity index (χ4v) is 7.68. The molecule has 1 saturated carbocycles. The van der Waals surface area contributed by atoms with Crippen LogP contribution in [0.2, 0.25) is 0 Å². The molecule has 0 spiro atoms. The summed E-state index contributed by atoms with van der Waals surface area (Å²) in [6.07, 6.45) is 14.0. The second-order valence-electron chi connectivity index (χ2n) is 13.2. The van der Waals surface area contributed by atoms with Crippen LogP contribution in [-0.2, 0) is 19.3 Å². The summed E-state index contributed by atoms with van der Waals surface area (Å²) in [4.78, 5) is 13.1. The number of hydrogen-bond donors (Lipinski definition) is 4. The second kappa shape index (κ2) is 14.6. The van der Waals surface area contributed by atoms with Gasteiger partial charge in [-0.05, 0) is 123 Å². The van der Waals surface area contributed by atoms with Gasteiger partial charge in [0, 0.05) is 6.20 Å². The first-order valence-corrected chi connectivity index (χ1v) is 16.6. The Bertz CT molecular complexity index is 1500. The number of aromatic nitrogens is 3. The molecule has 0 aliphatic heterocycles. The van der Waals surface area contributed by atoms with E-state index in [0.29, 0.717) is 55.7 Å². The van der Waals surface area contributed by atoms with Gasteiger partial charge in [0.05, 0.1) is 18.8 Å². The number of phenols is 1. The number of rotatable bonds is 13. The molecule has 6 atom stereocenters. The van der Waals surface area contributed by atoms with Gasteiger partial charge in [-0.2, -0.15) is 23.8 Å². The summed E-state index contributed by atoms with van der Waals surface area (Å²) in [7, 11) is 0. The van der Waals surface area contributed by atoms with Gasteiger partial charge in [0.2, 0.25) is 0 Å². The van der Waals surface area contributed by atoms with Crippen LogP contribution < -0.4 is 20.4 Å². The molecule has 2 aliphatic rings. The molecule has 3 aromatic heterocycles. The van der Waals surface area contributed by atoms with Crippen LogP contribution in [0.3, 0.4) is 0 Å².